The van der Waals surface area contributed by atoms with Gasteiger partial charge in [0.25, 0.3) is 0 Å². The van der Waals surface area contributed by atoms with E-state index in [9.17, 15) is 9.59 Å². The van der Waals surface area contributed by atoms with Gasteiger partial charge in [0, 0.05) is 5.92 Å². The molecule has 0 aromatic heterocycles. The highest BCUT2D eigenvalue weighted by Gasteiger charge is 2.32. The van der Waals surface area contributed by atoms with Gasteiger partial charge in [0.1, 0.15) is 12.6 Å². The Bertz CT molecular complexity index is 581. The Balaban J connectivity index is 0.000000271. The molecular weight excluding hydrogens is 308 g/mol. The van der Waals surface area contributed by atoms with Crippen LogP contribution in [-0.4, -0.2) is 12.6 Å². The van der Waals surface area contributed by atoms with Crippen LogP contribution in [0.1, 0.15) is 58.9 Å². The molecule has 2 unspecified atom stereocenters. The first kappa shape index (κ1) is 21.1. The predicted octanol–water partition coefficient (Wildman–Crippen LogP) is 5.88. The molecule has 0 aliphatic heterocycles. The van der Waals surface area contributed by atoms with Gasteiger partial charge in [-0.2, -0.15) is 0 Å². The van der Waals surface area contributed by atoms with E-state index < -0.39 is 0 Å². The van der Waals surface area contributed by atoms with Crippen LogP contribution in [0, 0.1) is 17.3 Å². The summed E-state index contributed by atoms with van der Waals surface area (Å²) in [6.07, 6.45) is 12.2. The number of hydrogen-bond acceptors (Lipinski definition) is 2. The molecule has 1 aromatic carbocycles. The summed E-state index contributed by atoms with van der Waals surface area (Å²) in [5, 5.41) is 0. The first-order chi connectivity index (χ1) is 11.9. The molecule has 2 atom stereocenters. The van der Waals surface area contributed by atoms with Crippen molar-refractivity contribution >= 4 is 18.6 Å². The van der Waals surface area contributed by atoms with E-state index in [2.05, 4.69) is 26.8 Å². The molecule has 25 heavy (non-hydrogen) atoms. The molecule has 0 radical (unpaired) electrons. The van der Waals surface area contributed by atoms with Gasteiger partial charge in [0.2, 0.25) is 0 Å². The van der Waals surface area contributed by atoms with Crippen LogP contribution in [0.2, 0.25) is 0 Å². The van der Waals surface area contributed by atoms with Gasteiger partial charge in [0.15, 0.2) is 0 Å². The minimum atomic E-state index is 0.218. The van der Waals surface area contributed by atoms with Gasteiger partial charge in [0.05, 0.1) is 0 Å². The lowest BCUT2D eigenvalue weighted by Crippen LogP contribution is -2.28. The van der Waals surface area contributed by atoms with Crippen LogP contribution in [0.25, 0.3) is 6.08 Å². The average molecular weight is 341 g/mol. The minimum absolute atomic E-state index is 0.218. The average Bonchev–Trinajstić information content (AvgIpc) is 2.60. The molecule has 136 valence electrons. The van der Waals surface area contributed by atoms with Gasteiger partial charge in [-0.3, -0.25) is 4.79 Å². The van der Waals surface area contributed by atoms with E-state index in [0.29, 0.717) is 11.3 Å². The summed E-state index contributed by atoms with van der Waals surface area (Å²) in [5.41, 5.74) is 3.00. The number of carbonyl (C=O) groups excluding carboxylic acids is 2. The van der Waals surface area contributed by atoms with Crippen LogP contribution >= 0.6 is 0 Å². The highest BCUT2D eigenvalue weighted by molar-refractivity contribution is 5.73. The lowest BCUT2D eigenvalue weighted by Gasteiger charge is -2.39. The topological polar surface area (TPSA) is 34.1 Å². The van der Waals surface area contributed by atoms with Crippen LogP contribution in [0.3, 0.4) is 0 Å². The molecule has 0 spiro atoms. The van der Waals surface area contributed by atoms with Gasteiger partial charge in [-0.25, -0.2) is 0 Å². The zero-order valence-electron chi connectivity index (χ0n) is 16.1. The fraction of sp³-hybridized carbons (Fsp3) is 0.478. The van der Waals surface area contributed by atoms with Crippen molar-refractivity contribution in [3.63, 3.8) is 0 Å². The first-order valence-electron chi connectivity index (χ1n) is 9.19. The fourth-order valence-electron chi connectivity index (χ4n) is 3.44. The van der Waals surface area contributed by atoms with Crippen molar-refractivity contribution in [1.29, 1.82) is 0 Å². The van der Waals surface area contributed by atoms with E-state index >= 15 is 0 Å². The second kappa shape index (κ2) is 10.8. The summed E-state index contributed by atoms with van der Waals surface area (Å²) in [5.74, 6) is 0.893. The zero-order valence-corrected chi connectivity index (χ0v) is 16.1. The Kier molecular flexibility index (Phi) is 9.12. The standard InChI is InChI=1S/C14H24O.C9H8O/c1-11(10-15)7-8-13-12(2)6-5-9-14(13,3)4;10-8-4-7-9-5-2-1-3-6-9/h6,10-11,13H,5,7-9H2,1-4H3;1-8H. The second-order valence-electron chi connectivity index (χ2n) is 7.62. The lowest BCUT2D eigenvalue weighted by molar-refractivity contribution is -0.111. The Hall–Kier alpha value is -1.96. The highest BCUT2D eigenvalue weighted by atomic mass is 16.1. The molecule has 1 aliphatic rings. The summed E-state index contributed by atoms with van der Waals surface area (Å²) >= 11 is 0. The quantitative estimate of drug-likeness (QED) is 0.368. The molecule has 0 saturated carbocycles. The van der Waals surface area contributed by atoms with Gasteiger partial charge in [-0.15, -0.1) is 0 Å². The van der Waals surface area contributed by atoms with Gasteiger partial charge in [-0.1, -0.05) is 68.8 Å². The van der Waals surface area contributed by atoms with Crippen LogP contribution in [0.15, 0.2) is 48.1 Å². The SMILES string of the molecule is CC1=CCCC(C)(C)C1CCC(C)C=O.O=CC=Cc1ccccc1. The zero-order chi connectivity index (χ0) is 18.7. The smallest absolute Gasteiger partial charge is 0.142 e. The summed E-state index contributed by atoms with van der Waals surface area (Å²) in [7, 11) is 0. The van der Waals surface area contributed by atoms with E-state index in [-0.39, 0.29) is 5.92 Å². The summed E-state index contributed by atoms with van der Waals surface area (Å²) < 4.78 is 0. The fourth-order valence-corrected chi connectivity index (χ4v) is 3.44. The molecule has 1 aromatic rings. The van der Waals surface area contributed by atoms with Crippen molar-refractivity contribution < 1.29 is 9.59 Å². The predicted molar refractivity (Wildman–Crippen MR) is 106 cm³/mol. The Morgan fingerprint density at radius 3 is 2.44 bits per heavy atom. The van der Waals surface area contributed by atoms with Crippen molar-refractivity contribution in [2.45, 2.75) is 53.4 Å². The van der Waals surface area contributed by atoms with Crippen molar-refractivity contribution in [3.05, 3.63) is 53.6 Å². The maximum atomic E-state index is 10.6. The van der Waals surface area contributed by atoms with Crippen LogP contribution in [0.5, 0.6) is 0 Å². The third kappa shape index (κ3) is 7.64. The van der Waals surface area contributed by atoms with E-state index in [1.807, 2.05) is 37.3 Å². The van der Waals surface area contributed by atoms with Crippen LogP contribution in [0.4, 0.5) is 0 Å². The van der Waals surface area contributed by atoms with E-state index in [4.69, 9.17) is 0 Å². The van der Waals surface area contributed by atoms with Crippen LogP contribution < -0.4 is 0 Å². The number of allylic oxidation sites excluding steroid dienone is 3. The summed E-state index contributed by atoms with van der Waals surface area (Å²) in [4.78, 5) is 20.5. The normalized spacial score (nSPS) is 20.2. The molecule has 0 heterocycles. The molecule has 0 amide bonds. The number of rotatable bonds is 6. The van der Waals surface area contributed by atoms with Gasteiger partial charge in [-0.05, 0) is 55.6 Å². The maximum absolute atomic E-state index is 10.6. The molecule has 1 aliphatic carbocycles. The number of hydrogen-bond donors (Lipinski definition) is 0. The molecule has 2 heteroatoms. The van der Waals surface area contributed by atoms with Gasteiger partial charge >= 0.3 is 0 Å². The molecular formula is C23H32O2. The number of carbonyl (C=O) groups is 2. The van der Waals surface area contributed by atoms with Crippen molar-refractivity contribution in [2.75, 3.05) is 0 Å². The third-order valence-corrected chi connectivity index (χ3v) is 5.06. The van der Waals surface area contributed by atoms with E-state index in [0.717, 1.165) is 31.0 Å². The molecule has 0 fully saturated rings. The molecule has 0 bridgehead atoms. The first-order valence-corrected chi connectivity index (χ1v) is 9.19. The van der Waals surface area contributed by atoms with Crippen LogP contribution in [-0.2, 0) is 9.59 Å². The third-order valence-electron chi connectivity index (χ3n) is 5.06. The molecule has 2 rings (SSSR count). The summed E-state index contributed by atoms with van der Waals surface area (Å²) in [6.45, 7) is 8.98. The Morgan fingerprint density at radius 2 is 1.88 bits per heavy atom. The Labute approximate surface area is 153 Å². The van der Waals surface area contributed by atoms with Crippen molar-refractivity contribution in [3.8, 4) is 0 Å². The Morgan fingerprint density at radius 1 is 1.20 bits per heavy atom. The molecule has 0 N–H and O–H groups in total. The minimum Gasteiger partial charge on any atom is -0.303 e. The second-order valence-corrected chi connectivity index (χ2v) is 7.62. The van der Waals surface area contributed by atoms with Gasteiger partial charge < -0.3 is 4.79 Å². The lowest BCUT2D eigenvalue weighted by atomic mass is 9.66. The molecule has 2 nitrogen and oxygen atoms in total. The van der Waals surface area contributed by atoms with Crippen molar-refractivity contribution in [1.82, 2.24) is 0 Å². The highest BCUT2D eigenvalue weighted by Crippen LogP contribution is 2.43. The monoisotopic (exact) mass is 340 g/mol. The van der Waals surface area contributed by atoms with E-state index in [1.165, 1.54) is 24.5 Å². The maximum Gasteiger partial charge on any atom is 0.142 e. The largest absolute Gasteiger partial charge is 0.303 e. The molecule has 0 saturated heterocycles. The van der Waals surface area contributed by atoms with Crippen molar-refractivity contribution in [2.24, 2.45) is 17.3 Å². The summed E-state index contributed by atoms with van der Waals surface area (Å²) in [6, 6.07) is 9.70. The number of benzene rings is 1. The number of aldehydes is 2. The van der Waals surface area contributed by atoms with E-state index in [1.54, 1.807) is 6.08 Å².